The molecule has 4 nitrogen and oxygen atoms in total. The Morgan fingerprint density at radius 1 is 1.53 bits per heavy atom. The minimum absolute atomic E-state index is 0.152. The van der Waals surface area contributed by atoms with Gasteiger partial charge >= 0.3 is 125 Å². The summed E-state index contributed by atoms with van der Waals surface area (Å²) in [6.07, 6.45) is 0. The monoisotopic (exact) mass is 460 g/mol. The zero-order valence-electron chi connectivity index (χ0n) is 9.13. The van der Waals surface area contributed by atoms with Gasteiger partial charge in [-0.2, -0.15) is 0 Å². The van der Waals surface area contributed by atoms with E-state index in [1.54, 1.807) is 5.48 Å². The van der Waals surface area contributed by atoms with Gasteiger partial charge in [0.15, 0.2) is 0 Å². The molecule has 0 aromatic heterocycles. The van der Waals surface area contributed by atoms with Crippen LogP contribution in [0.1, 0.15) is 5.56 Å². The van der Waals surface area contributed by atoms with Crippen LogP contribution in [0.3, 0.4) is 0 Å². The summed E-state index contributed by atoms with van der Waals surface area (Å²) in [5.41, 5.74) is 2.73. The fourth-order valence-corrected chi connectivity index (χ4v) is 7.07. The number of nitrogens with one attached hydrogen (secondary N) is 1. The Kier molecular flexibility index (Phi) is 7.53. The Morgan fingerprint density at radius 3 is 2.82 bits per heavy atom. The Labute approximate surface area is 124 Å². The van der Waals surface area contributed by atoms with E-state index in [1.807, 2.05) is 24.3 Å². The third-order valence-electron chi connectivity index (χ3n) is 2.22. The second-order valence-electron chi connectivity index (χ2n) is 3.40. The Balaban J connectivity index is 2.38. The summed E-state index contributed by atoms with van der Waals surface area (Å²) in [4.78, 5) is 12.3. The molecule has 7 heteroatoms. The molecule has 1 atom stereocenters. The number of carbonyl (C=O) groups is 1. The summed E-state index contributed by atoms with van der Waals surface area (Å²) in [6, 6.07) is 6.87. The van der Waals surface area contributed by atoms with Crippen molar-refractivity contribution in [1.29, 1.82) is 0 Å². The first-order valence-corrected chi connectivity index (χ1v) is 12.3. The quantitative estimate of drug-likeness (QED) is 0.343. The van der Waals surface area contributed by atoms with Crippen LogP contribution in [0, 0.1) is 5.21 Å². The van der Waals surface area contributed by atoms with Crippen LogP contribution in [0.15, 0.2) is 29.2 Å². The van der Waals surface area contributed by atoms with E-state index in [0.29, 0.717) is 0 Å². The van der Waals surface area contributed by atoms with Gasteiger partial charge in [-0.1, -0.05) is 0 Å². The number of rotatable bonds is 6. The van der Waals surface area contributed by atoms with Gasteiger partial charge in [0, 0.05) is 0 Å². The van der Waals surface area contributed by atoms with Gasteiger partial charge in [0.05, 0.1) is 0 Å². The molecule has 0 heterocycles. The van der Waals surface area contributed by atoms with E-state index in [-0.39, 0.29) is 5.75 Å². The van der Waals surface area contributed by atoms with Crippen molar-refractivity contribution in [2.75, 3.05) is 5.75 Å². The van der Waals surface area contributed by atoms with Gasteiger partial charge < -0.3 is 0 Å². The molecule has 0 unspecified atom stereocenters. The molecule has 0 saturated heterocycles. The van der Waals surface area contributed by atoms with Crippen molar-refractivity contribution < 1.29 is 32.5 Å². The SMILES string of the molecule is O=C([O][Hg][CH2]c1ccccc1S)[C@@H](CS)N[O-]. The van der Waals surface area contributed by atoms with E-state index in [4.69, 9.17) is 2.64 Å². The predicted octanol–water partition coefficient (Wildman–Crippen LogP) is 1.40. The van der Waals surface area contributed by atoms with Gasteiger partial charge in [-0.3, -0.25) is 0 Å². The van der Waals surface area contributed by atoms with Crippen LogP contribution in [0.4, 0.5) is 0 Å². The third-order valence-corrected chi connectivity index (χ3v) is 7.81. The van der Waals surface area contributed by atoms with E-state index in [1.165, 1.54) is 0 Å². The molecule has 1 rings (SSSR count). The zero-order valence-corrected chi connectivity index (χ0v) is 16.4. The van der Waals surface area contributed by atoms with Crippen molar-refractivity contribution in [2.24, 2.45) is 0 Å². The number of benzene rings is 1. The predicted molar refractivity (Wildman–Crippen MR) is 67.6 cm³/mol. The van der Waals surface area contributed by atoms with Crippen molar-refractivity contribution in [2.45, 2.75) is 14.9 Å². The first kappa shape index (κ1) is 15.3. The van der Waals surface area contributed by atoms with E-state index in [9.17, 15) is 10.0 Å². The molecule has 1 aromatic carbocycles. The molecule has 0 radical (unpaired) electrons. The molecule has 0 aliphatic carbocycles. The molecule has 0 saturated carbocycles. The van der Waals surface area contributed by atoms with Crippen molar-refractivity contribution in [3.63, 3.8) is 0 Å². The average Bonchev–Trinajstić information content (AvgIpc) is 2.33. The average molecular weight is 459 g/mol. The molecule has 1 aromatic rings. The molecule has 0 aliphatic heterocycles. The third kappa shape index (κ3) is 5.17. The standard InChI is InChI=1S/C7H7S.C3H6NO3S.Hg/c1-6-4-2-3-5-7(6)8;5-3(6)2(1-8)4-7;/h2-5,8H,1H2;2,4,8H,1H2,(H,5,6);/q;-1;+1/p-1/t;2-;/m.1./s1. The van der Waals surface area contributed by atoms with Crippen molar-refractivity contribution in [1.82, 2.24) is 5.48 Å². The van der Waals surface area contributed by atoms with Gasteiger partial charge in [0.2, 0.25) is 0 Å². The molecule has 17 heavy (non-hydrogen) atoms. The van der Waals surface area contributed by atoms with E-state index >= 15 is 0 Å². The summed E-state index contributed by atoms with van der Waals surface area (Å²) in [7, 11) is 0. The summed E-state index contributed by atoms with van der Waals surface area (Å²) < 4.78 is 5.98. The van der Waals surface area contributed by atoms with E-state index < -0.39 is 37.0 Å². The van der Waals surface area contributed by atoms with Crippen LogP contribution >= 0.6 is 25.3 Å². The van der Waals surface area contributed by atoms with Crippen molar-refractivity contribution in [3.05, 3.63) is 35.0 Å². The number of hydroxylamine groups is 1. The van der Waals surface area contributed by atoms with Crippen molar-refractivity contribution in [3.8, 4) is 0 Å². The van der Waals surface area contributed by atoms with Gasteiger partial charge in [-0.15, -0.1) is 0 Å². The Morgan fingerprint density at radius 2 is 2.24 bits per heavy atom. The normalized spacial score (nSPS) is 11.7. The zero-order chi connectivity index (χ0) is 12.7. The first-order valence-electron chi connectivity index (χ1n) is 5.11. The van der Waals surface area contributed by atoms with Gasteiger partial charge in [-0.25, -0.2) is 0 Å². The van der Waals surface area contributed by atoms with E-state index in [0.717, 1.165) is 14.4 Å². The Bertz CT molecular complexity index is 374. The minimum atomic E-state index is -1.78. The summed E-state index contributed by atoms with van der Waals surface area (Å²) in [6.45, 7) is 0. The summed E-state index contributed by atoms with van der Waals surface area (Å²) in [5.74, 6) is -0.326. The molecular formula is C10H12HgNO3S2-. The van der Waals surface area contributed by atoms with Crippen LogP contribution in [-0.4, -0.2) is 17.8 Å². The second kappa shape index (κ2) is 8.36. The number of thiol groups is 2. The van der Waals surface area contributed by atoms with Gasteiger partial charge in [0.1, 0.15) is 0 Å². The molecular weight excluding hydrogens is 447 g/mol. The Hall–Kier alpha value is 0.245. The van der Waals surface area contributed by atoms with E-state index in [2.05, 4.69) is 25.3 Å². The molecule has 0 amide bonds. The van der Waals surface area contributed by atoms with Crippen LogP contribution in [0.2, 0.25) is 0 Å². The first-order chi connectivity index (χ1) is 8.19. The maximum atomic E-state index is 11.4. The van der Waals surface area contributed by atoms with Crippen LogP contribution in [0.25, 0.3) is 0 Å². The second-order valence-corrected chi connectivity index (χ2v) is 8.90. The topological polar surface area (TPSA) is 61.4 Å². The number of hydrogen-bond acceptors (Lipinski definition) is 6. The molecule has 0 aliphatic rings. The maximum absolute atomic E-state index is 11.4. The van der Waals surface area contributed by atoms with Crippen LogP contribution in [-0.2, 0) is 36.4 Å². The molecule has 1 N–H and O–H groups in total. The van der Waals surface area contributed by atoms with Crippen molar-refractivity contribution >= 4 is 31.2 Å². The fourth-order valence-electron chi connectivity index (χ4n) is 1.24. The number of hydrogen-bond donors (Lipinski definition) is 3. The summed E-state index contributed by atoms with van der Waals surface area (Å²) >= 11 is 6.43. The molecule has 0 fully saturated rings. The van der Waals surface area contributed by atoms with Gasteiger partial charge in [-0.05, 0) is 0 Å². The fraction of sp³-hybridized carbons (Fsp3) is 0.300. The van der Waals surface area contributed by atoms with Gasteiger partial charge in [0.25, 0.3) is 0 Å². The molecule has 0 bridgehead atoms. The number of carbonyl (C=O) groups excluding carboxylic acids is 1. The molecule has 0 spiro atoms. The summed E-state index contributed by atoms with van der Waals surface area (Å²) in [5, 5.41) is 10.4. The van der Waals surface area contributed by atoms with Crippen LogP contribution in [0.5, 0.6) is 0 Å². The molecule has 90 valence electrons. The van der Waals surface area contributed by atoms with Crippen LogP contribution < -0.4 is 5.48 Å².